The van der Waals surface area contributed by atoms with Crippen LogP contribution in [-0.4, -0.2) is 24.1 Å². The number of imidazole rings is 1. The van der Waals surface area contributed by atoms with Gasteiger partial charge in [-0.15, -0.1) is 0 Å². The van der Waals surface area contributed by atoms with Crippen molar-refractivity contribution in [3.63, 3.8) is 0 Å². The number of nitrogens with zero attached hydrogens (tertiary/aromatic N) is 4. The van der Waals surface area contributed by atoms with E-state index in [2.05, 4.69) is 191 Å². The monoisotopic (exact) mass is 691 g/mol. The summed E-state index contributed by atoms with van der Waals surface area (Å²) in [6.07, 6.45) is 1.91. The summed E-state index contributed by atoms with van der Waals surface area (Å²) in [7, 11) is 0. The Kier molecular flexibility index (Phi) is 6.70. The molecular formula is C49H33N5. The number of aryl methyl sites for hydroxylation is 1. The molecule has 0 amide bonds. The number of para-hydroxylation sites is 4. The van der Waals surface area contributed by atoms with Gasteiger partial charge in [0.25, 0.3) is 0 Å². The Hall–Kier alpha value is -7.24. The number of rotatable bonds is 5. The van der Waals surface area contributed by atoms with E-state index in [0.717, 1.165) is 78.2 Å². The van der Waals surface area contributed by atoms with E-state index < -0.39 is 0 Å². The van der Waals surface area contributed by atoms with Crippen molar-refractivity contribution in [1.82, 2.24) is 24.1 Å². The molecule has 0 radical (unpaired) electrons. The van der Waals surface area contributed by atoms with E-state index in [9.17, 15) is 0 Å². The van der Waals surface area contributed by atoms with E-state index in [4.69, 9.17) is 9.97 Å². The molecular weight excluding hydrogens is 659 g/mol. The van der Waals surface area contributed by atoms with Crippen LogP contribution in [0.15, 0.2) is 176 Å². The third-order valence-corrected chi connectivity index (χ3v) is 10.8. The zero-order valence-corrected chi connectivity index (χ0v) is 29.5. The Balaban J connectivity index is 1.16. The quantitative estimate of drug-likeness (QED) is 0.195. The molecule has 0 fully saturated rings. The molecule has 0 aliphatic heterocycles. The van der Waals surface area contributed by atoms with E-state index in [-0.39, 0.29) is 0 Å². The molecule has 0 unspecified atom stereocenters. The zero-order chi connectivity index (χ0) is 35.8. The van der Waals surface area contributed by atoms with Crippen LogP contribution >= 0.6 is 0 Å². The Morgan fingerprint density at radius 3 is 2.13 bits per heavy atom. The largest absolute Gasteiger partial charge is 0.354 e. The normalized spacial score (nSPS) is 11.8. The average molecular weight is 692 g/mol. The molecule has 4 heterocycles. The first kappa shape index (κ1) is 30.4. The van der Waals surface area contributed by atoms with Gasteiger partial charge >= 0.3 is 0 Å². The van der Waals surface area contributed by atoms with Gasteiger partial charge in [-0.05, 0) is 83.8 Å². The van der Waals surface area contributed by atoms with Crippen LogP contribution in [0.1, 0.15) is 5.56 Å². The third kappa shape index (κ3) is 4.65. The van der Waals surface area contributed by atoms with Gasteiger partial charge in [0.15, 0.2) is 0 Å². The van der Waals surface area contributed by atoms with Crippen molar-refractivity contribution in [2.75, 3.05) is 0 Å². The minimum absolute atomic E-state index is 0.885. The first-order valence-electron chi connectivity index (χ1n) is 18.3. The Morgan fingerprint density at radius 2 is 1.22 bits per heavy atom. The summed E-state index contributed by atoms with van der Waals surface area (Å²) >= 11 is 0. The highest BCUT2D eigenvalue weighted by Crippen LogP contribution is 2.40. The summed E-state index contributed by atoms with van der Waals surface area (Å²) in [6, 6.07) is 60.5. The fraction of sp³-hybridized carbons (Fsp3) is 0.0204. The van der Waals surface area contributed by atoms with E-state index in [1.807, 2.05) is 6.20 Å². The second-order valence-corrected chi connectivity index (χ2v) is 14.0. The van der Waals surface area contributed by atoms with E-state index in [1.54, 1.807) is 0 Å². The molecule has 5 heteroatoms. The maximum Gasteiger partial charge on any atom is 0.147 e. The fourth-order valence-electron chi connectivity index (χ4n) is 8.34. The molecule has 4 aromatic heterocycles. The van der Waals surface area contributed by atoms with Crippen molar-refractivity contribution in [3.8, 4) is 45.1 Å². The van der Waals surface area contributed by atoms with Gasteiger partial charge in [-0.3, -0.25) is 9.13 Å². The van der Waals surface area contributed by atoms with Crippen LogP contribution in [0.4, 0.5) is 0 Å². The fourth-order valence-corrected chi connectivity index (χ4v) is 8.34. The van der Waals surface area contributed by atoms with Crippen molar-refractivity contribution in [2.45, 2.75) is 6.92 Å². The van der Waals surface area contributed by atoms with Gasteiger partial charge in [0.05, 0.1) is 27.6 Å². The first-order chi connectivity index (χ1) is 26.7. The summed E-state index contributed by atoms with van der Waals surface area (Å²) in [5.74, 6) is 1.78. The van der Waals surface area contributed by atoms with Crippen LogP contribution in [0.3, 0.4) is 0 Å². The average Bonchev–Trinajstić information content (AvgIpc) is 3.91. The van der Waals surface area contributed by atoms with Gasteiger partial charge in [0.2, 0.25) is 0 Å². The van der Waals surface area contributed by atoms with Gasteiger partial charge < -0.3 is 4.98 Å². The Morgan fingerprint density at radius 1 is 0.481 bits per heavy atom. The summed E-state index contributed by atoms with van der Waals surface area (Å²) in [4.78, 5) is 14.2. The molecule has 0 saturated heterocycles. The number of hydrogen-bond donors (Lipinski definition) is 1. The highest BCUT2D eigenvalue weighted by molar-refractivity contribution is 6.13. The lowest BCUT2D eigenvalue weighted by Gasteiger charge is -2.12. The molecule has 0 aliphatic carbocycles. The van der Waals surface area contributed by atoms with Gasteiger partial charge in [0, 0.05) is 50.1 Å². The minimum atomic E-state index is 0.885. The standard InChI is InChI=1S/C49H33N5/c1-31-12-9-15-35(28-31)53-44-23-11-18-36(48(44)52-49(53)41-20-10-19-40-37-16-5-7-21-42(37)51-47(40)41)34-24-25-39-38-17-6-8-22-43(38)54(45(39)29-34)46-30-33(26-27-50-46)32-13-3-2-4-14-32/h2-30,51H,1H3. The minimum Gasteiger partial charge on any atom is -0.354 e. The Bertz CT molecular complexity index is 3230. The lowest BCUT2D eigenvalue weighted by molar-refractivity contribution is 1.08. The molecule has 0 saturated carbocycles. The molecule has 1 N–H and O–H groups in total. The summed E-state index contributed by atoms with van der Waals surface area (Å²) in [6.45, 7) is 2.14. The summed E-state index contributed by atoms with van der Waals surface area (Å²) in [5, 5.41) is 4.78. The number of nitrogens with one attached hydrogen (secondary N) is 1. The predicted octanol–water partition coefficient (Wildman–Crippen LogP) is 12.5. The predicted molar refractivity (Wildman–Crippen MR) is 224 cm³/mol. The molecule has 54 heavy (non-hydrogen) atoms. The number of pyridine rings is 1. The van der Waals surface area contributed by atoms with Crippen LogP contribution in [0, 0.1) is 6.92 Å². The molecule has 11 aromatic rings. The van der Waals surface area contributed by atoms with E-state index >= 15 is 0 Å². The van der Waals surface area contributed by atoms with Gasteiger partial charge in [-0.25, -0.2) is 9.97 Å². The number of benzene rings is 7. The molecule has 254 valence electrons. The molecule has 0 bridgehead atoms. The van der Waals surface area contributed by atoms with Crippen LogP contribution in [0.2, 0.25) is 0 Å². The number of hydrogen-bond acceptors (Lipinski definition) is 2. The van der Waals surface area contributed by atoms with Gasteiger partial charge in [-0.2, -0.15) is 0 Å². The summed E-state index contributed by atoms with van der Waals surface area (Å²) in [5.41, 5.74) is 14.2. The van der Waals surface area contributed by atoms with Gasteiger partial charge in [0.1, 0.15) is 11.6 Å². The first-order valence-corrected chi connectivity index (χ1v) is 18.3. The van der Waals surface area contributed by atoms with Crippen molar-refractivity contribution in [2.24, 2.45) is 0 Å². The van der Waals surface area contributed by atoms with E-state index in [0.29, 0.717) is 0 Å². The number of aromatic amines is 1. The van der Waals surface area contributed by atoms with Crippen LogP contribution in [-0.2, 0) is 0 Å². The van der Waals surface area contributed by atoms with Crippen molar-refractivity contribution >= 4 is 54.6 Å². The number of aromatic nitrogens is 5. The van der Waals surface area contributed by atoms with Gasteiger partial charge in [-0.1, -0.05) is 115 Å². The topological polar surface area (TPSA) is 51.4 Å². The number of H-pyrrole nitrogens is 1. The van der Waals surface area contributed by atoms with Crippen LogP contribution in [0.5, 0.6) is 0 Å². The Labute approximate surface area is 311 Å². The third-order valence-electron chi connectivity index (χ3n) is 10.8. The van der Waals surface area contributed by atoms with Crippen molar-refractivity contribution in [1.29, 1.82) is 0 Å². The molecule has 0 atom stereocenters. The van der Waals surface area contributed by atoms with Crippen molar-refractivity contribution < 1.29 is 0 Å². The van der Waals surface area contributed by atoms with Crippen LogP contribution in [0.25, 0.3) is 99.8 Å². The molecule has 11 rings (SSSR count). The smallest absolute Gasteiger partial charge is 0.147 e. The second-order valence-electron chi connectivity index (χ2n) is 14.0. The molecule has 0 aliphatic rings. The molecule has 0 spiro atoms. The maximum absolute atomic E-state index is 5.56. The lowest BCUT2D eigenvalue weighted by Crippen LogP contribution is -1.98. The summed E-state index contributed by atoms with van der Waals surface area (Å²) < 4.78 is 4.62. The zero-order valence-electron chi connectivity index (χ0n) is 29.5. The second kappa shape index (κ2) is 11.9. The highest BCUT2D eigenvalue weighted by Gasteiger charge is 2.22. The highest BCUT2D eigenvalue weighted by atomic mass is 15.1. The maximum atomic E-state index is 5.56. The van der Waals surface area contributed by atoms with E-state index in [1.165, 1.54) is 27.1 Å². The van der Waals surface area contributed by atoms with Crippen LogP contribution < -0.4 is 0 Å². The number of fused-ring (bicyclic) bond motifs is 7. The lowest BCUT2D eigenvalue weighted by atomic mass is 10.0. The SMILES string of the molecule is Cc1cccc(-n2c(-c3cccc4c3[nH]c3ccccc34)nc3c(-c4ccc5c6ccccc6n(-c6cc(-c7ccccc7)ccn6)c5c4)cccc32)c1. The van der Waals surface area contributed by atoms with Crippen molar-refractivity contribution in [3.05, 3.63) is 182 Å². The molecule has 7 aromatic carbocycles. The molecule has 5 nitrogen and oxygen atoms in total.